The molecule has 4 aromatic rings. The quantitative estimate of drug-likeness (QED) is 0.512. The molecule has 0 aliphatic heterocycles. The number of benzene rings is 2. The van der Waals surface area contributed by atoms with E-state index in [1.165, 1.54) is 4.57 Å². The Morgan fingerprint density at radius 3 is 2.61 bits per heavy atom. The third-order valence-corrected chi connectivity index (χ3v) is 4.77. The summed E-state index contributed by atoms with van der Waals surface area (Å²) in [4.78, 5) is 31.4. The first-order chi connectivity index (χ1) is 14.9. The first-order valence-corrected chi connectivity index (χ1v) is 9.53. The van der Waals surface area contributed by atoms with E-state index in [-0.39, 0.29) is 17.7 Å². The summed E-state index contributed by atoms with van der Waals surface area (Å²) < 4.78 is 8.66. The molecule has 2 aromatic carbocycles. The molecule has 2 heterocycles. The van der Waals surface area contributed by atoms with Gasteiger partial charge >= 0.3 is 5.69 Å². The number of nitrogens with one attached hydrogen (secondary N) is 1. The van der Waals surface area contributed by atoms with Crippen molar-refractivity contribution in [2.45, 2.75) is 19.6 Å². The van der Waals surface area contributed by atoms with Crippen LogP contribution in [0.1, 0.15) is 12.5 Å². The third kappa shape index (κ3) is 3.84. The van der Waals surface area contributed by atoms with Gasteiger partial charge in [-0.2, -0.15) is 5.26 Å². The standard InChI is InChI=1S/C22H19N5O4/c1-13(28)12-27-20-18(21(29)25-22(27)30)26(2)19(24-20)15-6-8-16(9-7-15)31-17-5-3-4-14(10-17)11-23/h3-10,13,28H,12H2,1-2H3,(H,25,29,30). The zero-order valence-electron chi connectivity index (χ0n) is 16.9. The van der Waals surface area contributed by atoms with Crippen LogP contribution in [0.4, 0.5) is 0 Å². The Bertz CT molecular complexity index is 1420. The molecule has 0 saturated heterocycles. The lowest BCUT2D eigenvalue weighted by atomic mass is 10.2. The number of imidazole rings is 1. The molecule has 4 rings (SSSR count). The molecular formula is C22H19N5O4. The van der Waals surface area contributed by atoms with Gasteiger partial charge in [0.25, 0.3) is 5.56 Å². The van der Waals surface area contributed by atoms with Gasteiger partial charge in [-0.05, 0) is 49.4 Å². The second-order valence-electron chi connectivity index (χ2n) is 7.15. The van der Waals surface area contributed by atoms with Gasteiger partial charge in [-0.15, -0.1) is 0 Å². The molecule has 31 heavy (non-hydrogen) atoms. The maximum absolute atomic E-state index is 12.4. The number of fused-ring (bicyclic) bond motifs is 1. The molecule has 2 aromatic heterocycles. The van der Waals surface area contributed by atoms with Crippen molar-refractivity contribution in [3.63, 3.8) is 0 Å². The zero-order chi connectivity index (χ0) is 22.1. The van der Waals surface area contributed by atoms with Crippen molar-refractivity contribution in [3.05, 3.63) is 74.9 Å². The number of H-pyrrole nitrogens is 1. The Hall–Kier alpha value is -4.16. The highest BCUT2D eigenvalue weighted by molar-refractivity contribution is 5.76. The van der Waals surface area contributed by atoms with Crippen LogP contribution in [0.3, 0.4) is 0 Å². The molecule has 0 spiro atoms. The first-order valence-electron chi connectivity index (χ1n) is 9.53. The average Bonchev–Trinajstić information content (AvgIpc) is 3.09. The van der Waals surface area contributed by atoms with Crippen LogP contribution >= 0.6 is 0 Å². The van der Waals surface area contributed by atoms with Crippen molar-refractivity contribution in [2.24, 2.45) is 7.05 Å². The summed E-state index contributed by atoms with van der Waals surface area (Å²) in [5, 5.41) is 18.7. The van der Waals surface area contributed by atoms with E-state index in [1.807, 2.05) is 0 Å². The Morgan fingerprint density at radius 1 is 1.19 bits per heavy atom. The highest BCUT2D eigenvalue weighted by Crippen LogP contribution is 2.27. The maximum Gasteiger partial charge on any atom is 0.330 e. The molecule has 0 aliphatic rings. The molecule has 1 atom stereocenters. The van der Waals surface area contributed by atoms with Crippen LogP contribution in [0.25, 0.3) is 22.6 Å². The van der Waals surface area contributed by atoms with E-state index >= 15 is 0 Å². The minimum atomic E-state index is -0.784. The van der Waals surface area contributed by atoms with Crippen molar-refractivity contribution in [1.82, 2.24) is 19.1 Å². The zero-order valence-corrected chi connectivity index (χ0v) is 16.9. The number of aromatic amines is 1. The molecule has 0 fully saturated rings. The van der Waals surface area contributed by atoms with Gasteiger partial charge in [0, 0.05) is 12.6 Å². The number of hydrogen-bond acceptors (Lipinski definition) is 6. The molecule has 0 radical (unpaired) electrons. The van der Waals surface area contributed by atoms with E-state index in [4.69, 9.17) is 10.00 Å². The third-order valence-electron chi connectivity index (χ3n) is 4.77. The Kier molecular flexibility index (Phi) is 5.15. The Morgan fingerprint density at radius 2 is 1.94 bits per heavy atom. The van der Waals surface area contributed by atoms with Crippen molar-refractivity contribution >= 4 is 11.2 Å². The first kappa shape index (κ1) is 20.1. The van der Waals surface area contributed by atoms with Crippen LogP contribution in [0, 0.1) is 11.3 Å². The average molecular weight is 417 g/mol. The molecule has 0 aliphatic carbocycles. The SMILES string of the molecule is CC(O)Cn1c(=O)[nH]c(=O)c2c1nc(-c1ccc(Oc3cccc(C#N)c3)cc1)n2C. The van der Waals surface area contributed by atoms with E-state index in [0.717, 1.165) is 0 Å². The van der Waals surface area contributed by atoms with Crippen LogP contribution in [-0.4, -0.2) is 30.3 Å². The molecule has 9 nitrogen and oxygen atoms in total. The highest BCUT2D eigenvalue weighted by atomic mass is 16.5. The maximum atomic E-state index is 12.4. The van der Waals surface area contributed by atoms with E-state index in [9.17, 15) is 14.7 Å². The van der Waals surface area contributed by atoms with E-state index in [1.54, 1.807) is 67.1 Å². The van der Waals surface area contributed by atoms with E-state index in [0.29, 0.717) is 28.5 Å². The lowest BCUT2D eigenvalue weighted by Gasteiger charge is -2.07. The lowest BCUT2D eigenvalue weighted by Crippen LogP contribution is -2.33. The van der Waals surface area contributed by atoms with E-state index in [2.05, 4.69) is 16.0 Å². The largest absolute Gasteiger partial charge is 0.457 e. The summed E-state index contributed by atoms with van der Waals surface area (Å²) in [6.07, 6.45) is -0.784. The van der Waals surface area contributed by atoms with Crippen molar-refractivity contribution in [1.29, 1.82) is 5.26 Å². The Labute approximate surface area is 176 Å². The van der Waals surface area contributed by atoms with Crippen LogP contribution in [0.2, 0.25) is 0 Å². The predicted molar refractivity (Wildman–Crippen MR) is 114 cm³/mol. The number of rotatable bonds is 5. The molecule has 2 N–H and O–H groups in total. The second kappa shape index (κ2) is 7.93. The smallest absolute Gasteiger partial charge is 0.330 e. The number of aliphatic hydroxyl groups excluding tert-OH is 1. The van der Waals surface area contributed by atoms with Gasteiger partial charge in [0.15, 0.2) is 11.2 Å². The number of nitrogens with zero attached hydrogens (tertiary/aromatic N) is 4. The van der Waals surface area contributed by atoms with Crippen LogP contribution < -0.4 is 16.0 Å². The number of hydrogen-bond donors (Lipinski definition) is 2. The van der Waals surface area contributed by atoms with Gasteiger partial charge in [-0.1, -0.05) is 6.07 Å². The molecular weight excluding hydrogens is 398 g/mol. The van der Waals surface area contributed by atoms with Gasteiger partial charge in [-0.3, -0.25) is 14.3 Å². The molecule has 0 bridgehead atoms. The van der Waals surface area contributed by atoms with Crippen molar-refractivity contribution in [3.8, 4) is 29.0 Å². The predicted octanol–water partition coefficient (Wildman–Crippen LogP) is 2.14. The minimum absolute atomic E-state index is 0.0110. The molecule has 0 amide bonds. The van der Waals surface area contributed by atoms with Crippen LogP contribution in [-0.2, 0) is 13.6 Å². The molecule has 9 heteroatoms. The van der Waals surface area contributed by atoms with Crippen molar-refractivity contribution < 1.29 is 9.84 Å². The molecule has 156 valence electrons. The lowest BCUT2D eigenvalue weighted by molar-refractivity contribution is 0.173. The Balaban J connectivity index is 1.73. The summed E-state index contributed by atoms with van der Waals surface area (Å²) in [5.74, 6) is 1.60. The number of aliphatic hydroxyl groups is 1. The summed E-state index contributed by atoms with van der Waals surface area (Å²) in [5.41, 5.74) is 0.506. The summed E-state index contributed by atoms with van der Waals surface area (Å²) >= 11 is 0. The second-order valence-corrected chi connectivity index (χ2v) is 7.15. The van der Waals surface area contributed by atoms with Gasteiger partial charge in [0.2, 0.25) is 0 Å². The van der Waals surface area contributed by atoms with Gasteiger partial charge in [-0.25, -0.2) is 9.78 Å². The fourth-order valence-corrected chi connectivity index (χ4v) is 3.38. The number of ether oxygens (including phenoxy) is 1. The number of nitriles is 1. The monoisotopic (exact) mass is 417 g/mol. The van der Waals surface area contributed by atoms with Gasteiger partial charge in [0.1, 0.15) is 17.3 Å². The summed E-state index contributed by atoms with van der Waals surface area (Å²) in [7, 11) is 1.69. The molecule has 0 saturated carbocycles. The van der Waals surface area contributed by atoms with Crippen molar-refractivity contribution in [2.75, 3.05) is 0 Å². The van der Waals surface area contributed by atoms with Gasteiger partial charge < -0.3 is 14.4 Å². The highest BCUT2D eigenvalue weighted by Gasteiger charge is 2.18. The fourth-order valence-electron chi connectivity index (χ4n) is 3.38. The number of aryl methyl sites for hydroxylation is 1. The van der Waals surface area contributed by atoms with Crippen LogP contribution in [0.15, 0.2) is 58.1 Å². The van der Waals surface area contributed by atoms with E-state index < -0.39 is 17.4 Å². The van der Waals surface area contributed by atoms with Crippen LogP contribution in [0.5, 0.6) is 11.5 Å². The fraction of sp³-hybridized carbons (Fsp3) is 0.182. The number of aromatic nitrogens is 4. The normalized spacial score (nSPS) is 11.9. The topological polar surface area (TPSA) is 126 Å². The summed E-state index contributed by atoms with van der Waals surface area (Å²) in [6, 6.07) is 16.0. The van der Waals surface area contributed by atoms with Gasteiger partial charge in [0.05, 0.1) is 24.3 Å². The minimum Gasteiger partial charge on any atom is -0.457 e. The molecule has 1 unspecified atom stereocenters. The summed E-state index contributed by atoms with van der Waals surface area (Å²) in [6.45, 7) is 1.56.